The fourth-order valence-corrected chi connectivity index (χ4v) is 3.94. The molecule has 0 radical (unpaired) electrons. The van der Waals surface area contributed by atoms with Crippen LogP contribution in [0.5, 0.6) is 0 Å². The molecule has 0 aliphatic carbocycles. The second-order valence-corrected chi connectivity index (χ2v) is 8.20. The molecule has 1 aromatic heterocycles. The average molecular weight is 501 g/mol. The van der Waals surface area contributed by atoms with Gasteiger partial charge < -0.3 is 15.1 Å². The SMILES string of the molecule is O=C(NCCc1ccccc1F)c1ccc(N2CCN(C(=O)c3ccccc3C(F)(F)F)CC2)nn1. The number of rotatable bonds is 6. The molecule has 2 amide bonds. The van der Waals surface area contributed by atoms with Gasteiger partial charge in [0.05, 0.1) is 11.1 Å². The van der Waals surface area contributed by atoms with Crippen LogP contribution in [0.3, 0.4) is 0 Å². The van der Waals surface area contributed by atoms with E-state index in [1.807, 2.05) is 4.90 Å². The number of alkyl halides is 3. The lowest BCUT2D eigenvalue weighted by molar-refractivity contribution is -0.138. The summed E-state index contributed by atoms with van der Waals surface area (Å²) in [5.74, 6) is -0.955. The molecule has 0 unspecified atom stereocenters. The Hall–Kier alpha value is -4.02. The Bertz CT molecular complexity index is 1230. The number of benzene rings is 2. The number of nitrogens with zero attached hydrogens (tertiary/aromatic N) is 4. The Morgan fingerprint density at radius 3 is 2.25 bits per heavy atom. The quantitative estimate of drug-likeness (QED) is 0.523. The molecule has 7 nitrogen and oxygen atoms in total. The molecule has 0 atom stereocenters. The number of aromatic nitrogens is 2. The number of anilines is 1. The van der Waals surface area contributed by atoms with Crippen LogP contribution in [-0.4, -0.2) is 59.6 Å². The summed E-state index contributed by atoms with van der Waals surface area (Å²) in [6.07, 6.45) is -4.28. The van der Waals surface area contributed by atoms with Gasteiger partial charge in [-0.05, 0) is 42.3 Å². The van der Waals surface area contributed by atoms with E-state index in [-0.39, 0.29) is 36.7 Å². The maximum absolute atomic E-state index is 13.7. The predicted octanol–water partition coefficient (Wildman–Crippen LogP) is 3.57. The Balaban J connectivity index is 1.30. The zero-order chi connectivity index (χ0) is 25.7. The maximum atomic E-state index is 13.7. The molecular weight excluding hydrogens is 478 g/mol. The summed E-state index contributed by atoms with van der Waals surface area (Å²) in [5.41, 5.74) is -0.724. The molecule has 3 aromatic rings. The van der Waals surface area contributed by atoms with Gasteiger partial charge in [0.25, 0.3) is 11.8 Å². The zero-order valence-electron chi connectivity index (χ0n) is 19.1. The molecule has 1 saturated heterocycles. The number of nitrogens with one attached hydrogen (secondary N) is 1. The normalized spacial score (nSPS) is 14.0. The van der Waals surface area contributed by atoms with Crippen LogP contribution >= 0.6 is 0 Å². The van der Waals surface area contributed by atoms with E-state index in [0.717, 1.165) is 6.07 Å². The van der Waals surface area contributed by atoms with Crippen molar-refractivity contribution in [3.63, 3.8) is 0 Å². The van der Waals surface area contributed by atoms with Crippen LogP contribution in [0.4, 0.5) is 23.4 Å². The molecule has 11 heteroatoms. The van der Waals surface area contributed by atoms with Gasteiger partial charge in [0.15, 0.2) is 11.5 Å². The summed E-state index contributed by atoms with van der Waals surface area (Å²) in [7, 11) is 0. The Kier molecular flexibility index (Phi) is 7.47. The van der Waals surface area contributed by atoms with Gasteiger partial charge in [-0.1, -0.05) is 30.3 Å². The molecule has 0 bridgehead atoms. The minimum atomic E-state index is -4.62. The Morgan fingerprint density at radius 1 is 0.889 bits per heavy atom. The van der Waals surface area contributed by atoms with E-state index in [1.54, 1.807) is 24.3 Å². The third kappa shape index (κ3) is 5.78. The topological polar surface area (TPSA) is 78.4 Å². The highest BCUT2D eigenvalue weighted by atomic mass is 19.4. The second kappa shape index (κ2) is 10.7. The first kappa shape index (κ1) is 25.1. The van der Waals surface area contributed by atoms with Crippen LogP contribution in [-0.2, 0) is 12.6 Å². The summed E-state index contributed by atoms with van der Waals surface area (Å²) < 4.78 is 53.5. The first-order valence-corrected chi connectivity index (χ1v) is 11.3. The highest BCUT2D eigenvalue weighted by Crippen LogP contribution is 2.32. The summed E-state index contributed by atoms with van der Waals surface area (Å²) in [5, 5.41) is 10.7. The molecule has 4 rings (SSSR count). The first-order valence-electron chi connectivity index (χ1n) is 11.3. The van der Waals surface area contributed by atoms with Gasteiger partial charge in [0.1, 0.15) is 5.82 Å². The van der Waals surface area contributed by atoms with Crippen LogP contribution in [0.25, 0.3) is 0 Å². The number of hydrogen-bond acceptors (Lipinski definition) is 5. The van der Waals surface area contributed by atoms with Gasteiger partial charge in [-0.25, -0.2) is 4.39 Å². The minimum Gasteiger partial charge on any atom is -0.352 e. The van der Waals surface area contributed by atoms with Gasteiger partial charge in [-0.3, -0.25) is 9.59 Å². The van der Waals surface area contributed by atoms with Crippen molar-refractivity contribution in [3.8, 4) is 0 Å². The van der Waals surface area contributed by atoms with Gasteiger partial charge in [-0.15, -0.1) is 10.2 Å². The molecule has 1 aliphatic heterocycles. The van der Waals surface area contributed by atoms with E-state index in [2.05, 4.69) is 15.5 Å². The second-order valence-electron chi connectivity index (χ2n) is 8.20. The van der Waals surface area contributed by atoms with Gasteiger partial charge in [0.2, 0.25) is 0 Å². The molecule has 0 spiro atoms. The first-order chi connectivity index (χ1) is 17.2. The van der Waals surface area contributed by atoms with E-state index in [4.69, 9.17) is 0 Å². The van der Waals surface area contributed by atoms with Crippen molar-refractivity contribution in [2.24, 2.45) is 0 Å². The third-order valence-electron chi connectivity index (χ3n) is 5.87. The van der Waals surface area contributed by atoms with Crippen molar-refractivity contribution >= 4 is 17.6 Å². The zero-order valence-corrected chi connectivity index (χ0v) is 19.1. The Labute approximate surface area is 204 Å². The molecule has 1 fully saturated rings. The van der Waals surface area contributed by atoms with Crippen molar-refractivity contribution in [3.05, 3.63) is 88.9 Å². The lowest BCUT2D eigenvalue weighted by atomic mass is 10.1. The molecule has 36 heavy (non-hydrogen) atoms. The number of piperazine rings is 1. The van der Waals surface area contributed by atoms with Crippen molar-refractivity contribution in [1.82, 2.24) is 20.4 Å². The summed E-state index contributed by atoms with van der Waals surface area (Å²) in [6, 6.07) is 14.2. The van der Waals surface area contributed by atoms with Gasteiger partial charge >= 0.3 is 6.18 Å². The van der Waals surface area contributed by atoms with E-state index in [1.165, 1.54) is 35.2 Å². The van der Waals surface area contributed by atoms with E-state index in [9.17, 15) is 27.2 Å². The van der Waals surface area contributed by atoms with Crippen LogP contribution in [0.15, 0.2) is 60.7 Å². The van der Waals surface area contributed by atoms with Crippen LogP contribution < -0.4 is 10.2 Å². The molecule has 2 aromatic carbocycles. The van der Waals surface area contributed by atoms with Gasteiger partial charge in [-0.2, -0.15) is 13.2 Å². The third-order valence-corrected chi connectivity index (χ3v) is 5.87. The van der Waals surface area contributed by atoms with Crippen molar-refractivity contribution in [1.29, 1.82) is 0 Å². The average Bonchev–Trinajstić information content (AvgIpc) is 2.89. The van der Waals surface area contributed by atoms with Crippen LogP contribution in [0, 0.1) is 5.82 Å². The molecule has 2 heterocycles. The van der Waals surface area contributed by atoms with E-state index in [0.29, 0.717) is 30.9 Å². The number of hydrogen-bond donors (Lipinski definition) is 1. The minimum absolute atomic E-state index is 0.102. The molecule has 1 N–H and O–H groups in total. The van der Waals surface area contributed by atoms with Crippen molar-refractivity contribution < 1.29 is 27.2 Å². The molecule has 188 valence electrons. The molecule has 0 saturated carbocycles. The standard InChI is InChI=1S/C25H23F4N5O2/c26-20-8-4-1-5-17(20)11-12-30-23(35)21-9-10-22(32-31-21)33-13-15-34(16-14-33)24(36)18-6-2-3-7-19(18)25(27,28)29/h1-10H,11-16H2,(H,30,35). The highest BCUT2D eigenvalue weighted by molar-refractivity contribution is 5.96. The smallest absolute Gasteiger partial charge is 0.352 e. The van der Waals surface area contributed by atoms with Crippen LogP contribution in [0.1, 0.15) is 32.0 Å². The highest BCUT2D eigenvalue weighted by Gasteiger charge is 2.36. The fourth-order valence-electron chi connectivity index (χ4n) is 3.94. The Morgan fingerprint density at radius 2 is 1.58 bits per heavy atom. The summed E-state index contributed by atoms with van der Waals surface area (Å²) in [6.45, 7) is 1.36. The number of amides is 2. The number of carbonyl (C=O) groups excluding carboxylic acids is 2. The van der Waals surface area contributed by atoms with E-state index < -0.39 is 23.6 Å². The van der Waals surface area contributed by atoms with E-state index >= 15 is 0 Å². The van der Waals surface area contributed by atoms with Crippen molar-refractivity contribution in [2.75, 3.05) is 37.6 Å². The fraction of sp³-hybridized carbons (Fsp3) is 0.280. The lowest BCUT2D eigenvalue weighted by Crippen LogP contribution is -2.49. The summed E-state index contributed by atoms with van der Waals surface area (Å²) >= 11 is 0. The molecular formula is C25H23F4N5O2. The monoisotopic (exact) mass is 501 g/mol. The van der Waals surface area contributed by atoms with Crippen LogP contribution in [0.2, 0.25) is 0 Å². The van der Waals surface area contributed by atoms with Crippen molar-refractivity contribution in [2.45, 2.75) is 12.6 Å². The number of halogens is 4. The largest absolute Gasteiger partial charge is 0.417 e. The maximum Gasteiger partial charge on any atom is 0.417 e. The lowest BCUT2D eigenvalue weighted by Gasteiger charge is -2.35. The summed E-state index contributed by atoms with van der Waals surface area (Å²) in [4.78, 5) is 28.3. The molecule has 1 aliphatic rings. The number of carbonyl (C=O) groups is 2. The predicted molar refractivity (Wildman–Crippen MR) is 124 cm³/mol. The van der Waals surface area contributed by atoms with Gasteiger partial charge in [0, 0.05) is 32.7 Å².